The molecule has 26 heavy (non-hydrogen) atoms. The molecule has 0 saturated carbocycles. The number of benzene rings is 1. The van der Waals surface area contributed by atoms with Crippen LogP contribution in [0.5, 0.6) is 0 Å². The molecule has 1 saturated heterocycles. The molecule has 6 nitrogen and oxygen atoms in total. The van der Waals surface area contributed by atoms with Crippen molar-refractivity contribution in [1.29, 1.82) is 0 Å². The number of nitrogens with zero attached hydrogens (tertiary/aromatic N) is 2. The predicted molar refractivity (Wildman–Crippen MR) is 102 cm³/mol. The Kier molecular flexibility index (Phi) is 5.77. The molecule has 2 atom stereocenters. The summed E-state index contributed by atoms with van der Waals surface area (Å²) in [7, 11) is 0. The zero-order chi connectivity index (χ0) is 18.8. The topological polar surface area (TPSA) is 69.7 Å². The van der Waals surface area contributed by atoms with Crippen molar-refractivity contribution in [2.24, 2.45) is 5.92 Å². The molecule has 0 aromatic heterocycles. The maximum absolute atomic E-state index is 12.6. The summed E-state index contributed by atoms with van der Waals surface area (Å²) in [5, 5.41) is 2.89. The van der Waals surface area contributed by atoms with Crippen molar-refractivity contribution in [3.63, 3.8) is 0 Å². The molecule has 0 spiro atoms. The quantitative estimate of drug-likeness (QED) is 0.715. The molecule has 1 aromatic carbocycles. The number of likely N-dealkylation sites (tertiary alicyclic amines) is 1. The number of nitrogens with one attached hydrogen (secondary N) is 1. The van der Waals surface area contributed by atoms with Crippen LogP contribution >= 0.6 is 15.9 Å². The van der Waals surface area contributed by atoms with Gasteiger partial charge in [-0.25, -0.2) is 0 Å². The van der Waals surface area contributed by atoms with Gasteiger partial charge < -0.3 is 10.2 Å². The fourth-order valence-electron chi connectivity index (χ4n) is 3.59. The van der Waals surface area contributed by atoms with Crippen LogP contribution in [-0.4, -0.2) is 59.7 Å². The maximum atomic E-state index is 12.6. The first-order valence-electron chi connectivity index (χ1n) is 9.06. The molecule has 3 rings (SSSR count). The van der Waals surface area contributed by atoms with E-state index < -0.39 is 17.9 Å². The van der Waals surface area contributed by atoms with E-state index in [0.717, 1.165) is 29.0 Å². The smallest absolute Gasteiger partial charge is 0.262 e. The molecule has 2 unspecified atom stereocenters. The van der Waals surface area contributed by atoms with Gasteiger partial charge in [-0.15, -0.1) is 0 Å². The van der Waals surface area contributed by atoms with E-state index in [1.807, 2.05) is 0 Å². The molecule has 2 heterocycles. The van der Waals surface area contributed by atoms with Crippen LogP contribution in [0.1, 0.15) is 47.4 Å². The fourth-order valence-corrected chi connectivity index (χ4v) is 3.95. The van der Waals surface area contributed by atoms with Crippen LogP contribution in [0, 0.1) is 5.92 Å². The molecule has 7 heteroatoms. The highest BCUT2D eigenvalue weighted by molar-refractivity contribution is 9.10. The van der Waals surface area contributed by atoms with Gasteiger partial charge in [0, 0.05) is 17.6 Å². The van der Waals surface area contributed by atoms with Gasteiger partial charge in [-0.1, -0.05) is 22.9 Å². The SMILES string of the molecule is CC(CNC(=O)C(C)N1C(=O)c2ccc(Br)cc2C1=O)CN1CCCC1. The highest BCUT2D eigenvalue weighted by atomic mass is 79.9. The van der Waals surface area contributed by atoms with Crippen molar-refractivity contribution >= 4 is 33.7 Å². The average Bonchev–Trinajstić information content (AvgIpc) is 3.19. The molecule has 140 valence electrons. The summed E-state index contributed by atoms with van der Waals surface area (Å²) in [4.78, 5) is 41.1. The van der Waals surface area contributed by atoms with E-state index >= 15 is 0 Å². The minimum Gasteiger partial charge on any atom is -0.354 e. The van der Waals surface area contributed by atoms with E-state index in [1.54, 1.807) is 25.1 Å². The molecular formula is C19H24BrN3O3. The number of hydrogen-bond acceptors (Lipinski definition) is 4. The molecule has 2 aliphatic rings. The van der Waals surface area contributed by atoms with Gasteiger partial charge in [0.25, 0.3) is 11.8 Å². The molecule has 1 fully saturated rings. The average molecular weight is 422 g/mol. The Morgan fingerprint density at radius 1 is 1.15 bits per heavy atom. The number of fused-ring (bicyclic) bond motifs is 1. The van der Waals surface area contributed by atoms with Crippen molar-refractivity contribution < 1.29 is 14.4 Å². The van der Waals surface area contributed by atoms with Crippen molar-refractivity contribution in [3.8, 4) is 0 Å². The lowest BCUT2D eigenvalue weighted by atomic mass is 10.1. The van der Waals surface area contributed by atoms with Crippen LogP contribution in [-0.2, 0) is 4.79 Å². The monoisotopic (exact) mass is 421 g/mol. The summed E-state index contributed by atoms with van der Waals surface area (Å²) in [5.74, 6) is -0.807. The fraction of sp³-hybridized carbons (Fsp3) is 0.526. The van der Waals surface area contributed by atoms with Crippen LogP contribution in [0.4, 0.5) is 0 Å². The van der Waals surface area contributed by atoms with Crippen molar-refractivity contribution in [3.05, 3.63) is 33.8 Å². The highest BCUT2D eigenvalue weighted by Crippen LogP contribution is 2.27. The summed E-state index contributed by atoms with van der Waals surface area (Å²) in [6.07, 6.45) is 2.48. The number of amides is 3. The molecule has 0 aliphatic carbocycles. The lowest BCUT2D eigenvalue weighted by Crippen LogP contribution is -2.49. The first-order chi connectivity index (χ1) is 12.4. The Labute approximate surface area is 162 Å². The highest BCUT2D eigenvalue weighted by Gasteiger charge is 2.40. The van der Waals surface area contributed by atoms with Gasteiger partial charge in [0.2, 0.25) is 5.91 Å². The largest absolute Gasteiger partial charge is 0.354 e. The van der Waals surface area contributed by atoms with Gasteiger partial charge in [0.1, 0.15) is 6.04 Å². The van der Waals surface area contributed by atoms with E-state index in [1.165, 1.54) is 12.8 Å². The standard InChI is InChI=1S/C19H24BrN3O3/c1-12(11-22-7-3-4-8-22)10-21-17(24)13(2)23-18(25)15-6-5-14(20)9-16(15)19(23)26/h5-6,9,12-13H,3-4,7-8,10-11H2,1-2H3,(H,21,24). The van der Waals surface area contributed by atoms with Gasteiger partial charge >= 0.3 is 0 Å². The van der Waals surface area contributed by atoms with Gasteiger partial charge in [-0.3, -0.25) is 19.3 Å². The van der Waals surface area contributed by atoms with Crippen molar-refractivity contribution in [2.45, 2.75) is 32.7 Å². The van der Waals surface area contributed by atoms with Crippen LogP contribution in [0.2, 0.25) is 0 Å². The van der Waals surface area contributed by atoms with E-state index in [0.29, 0.717) is 23.6 Å². The second kappa shape index (κ2) is 7.88. The van der Waals surface area contributed by atoms with E-state index in [2.05, 4.69) is 33.1 Å². The van der Waals surface area contributed by atoms with Gasteiger partial charge in [-0.05, 0) is 57.0 Å². The Balaban J connectivity index is 1.58. The minimum atomic E-state index is -0.833. The molecule has 3 amide bonds. The van der Waals surface area contributed by atoms with Gasteiger partial charge in [0.05, 0.1) is 11.1 Å². The summed E-state index contributed by atoms with van der Waals surface area (Å²) in [6.45, 7) is 7.43. The van der Waals surface area contributed by atoms with Crippen LogP contribution in [0.25, 0.3) is 0 Å². The minimum absolute atomic E-state index is 0.299. The van der Waals surface area contributed by atoms with E-state index in [-0.39, 0.29) is 5.91 Å². The van der Waals surface area contributed by atoms with Crippen molar-refractivity contribution in [1.82, 2.24) is 15.1 Å². The van der Waals surface area contributed by atoms with E-state index in [9.17, 15) is 14.4 Å². The molecular weight excluding hydrogens is 398 g/mol. The summed E-state index contributed by atoms with van der Waals surface area (Å²) >= 11 is 3.31. The Hall–Kier alpha value is -1.73. The zero-order valence-corrected chi connectivity index (χ0v) is 16.7. The molecule has 0 radical (unpaired) electrons. The second-order valence-corrected chi connectivity index (χ2v) is 8.12. The maximum Gasteiger partial charge on any atom is 0.262 e. The predicted octanol–water partition coefficient (Wildman–Crippen LogP) is 2.28. The summed E-state index contributed by atoms with van der Waals surface area (Å²) < 4.78 is 0.729. The Bertz CT molecular complexity index is 731. The summed E-state index contributed by atoms with van der Waals surface area (Å²) in [5.41, 5.74) is 0.687. The number of imide groups is 1. The molecule has 1 N–H and O–H groups in total. The Morgan fingerprint density at radius 3 is 2.50 bits per heavy atom. The van der Waals surface area contributed by atoms with Gasteiger partial charge in [0.15, 0.2) is 0 Å². The zero-order valence-electron chi connectivity index (χ0n) is 15.1. The third kappa shape index (κ3) is 3.83. The number of halogens is 1. The summed E-state index contributed by atoms with van der Waals surface area (Å²) in [6, 6.07) is 4.12. The second-order valence-electron chi connectivity index (χ2n) is 7.20. The number of hydrogen-bond donors (Lipinski definition) is 1. The third-order valence-corrected chi connectivity index (χ3v) is 5.53. The lowest BCUT2D eigenvalue weighted by Gasteiger charge is -2.24. The van der Waals surface area contributed by atoms with E-state index in [4.69, 9.17) is 0 Å². The molecule has 1 aromatic rings. The van der Waals surface area contributed by atoms with Crippen LogP contribution in [0.15, 0.2) is 22.7 Å². The molecule has 0 bridgehead atoms. The number of carbonyl (C=O) groups excluding carboxylic acids is 3. The first-order valence-corrected chi connectivity index (χ1v) is 9.85. The number of carbonyl (C=O) groups is 3. The van der Waals surface area contributed by atoms with Crippen LogP contribution < -0.4 is 5.32 Å². The van der Waals surface area contributed by atoms with Crippen LogP contribution in [0.3, 0.4) is 0 Å². The third-order valence-electron chi connectivity index (χ3n) is 5.04. The first kappa shape index (κ1) is 19.0. The Morgan fingerprint density at radius 2 is 1.81 bits per heavy atom. The van der Waals surface area contributed by atoms with Crippen molar-refractivity contribution in [2.75, 3.05) is 26.2 Å². The molecule has 2 aliphatic heterocycles. The number of rotatable bonds is 6. The normalized spacial score (nSPS) is 19.6. The van der Waals surface area contributed by atoms with Gasteiger partial charge in [-0.2, -0.15) is 0 Å². The lowest BCUT2D eigenvalue weighted by molar-refractivity contribution is -0.124.